The minimum atomic E-state index is -3.75. The highest BCUT2D eigenvalue weighted by atomic mass is 32.2. The average molecular weight is 335 g/mol. The van der Waals surface area contributed by atoms with Gasteiger partial charge in [0.05, 0.1) is 5.69 Å². The predicted molar refractivity (Wildman–Crippen MR) is 82.4 cm³/mol. The third-order valence-electron chi connectivity index (χ3n) is 3.39. The van der Waals surface area contributed by atoms with Gasteiger partial charge in [-0.1, -0.05) is 24.3 Å². The van der Waals surface area contributed by atoms with E-state index in [0.717, 1.165) is 0 Å². The Kier molecular flexibility index (Phi) is 4.01. The normalized spacial score (nSPS) is 18.6. The lowest BCUT2D eigenvalue weighted by Gasteiger charge is -2.27. The summed E-state index contributed by atoms with van der Waals surface area (Å²) < 4.78 is 39.4. The van der Waals surface area contributed by atoms with E-state index in [1.54, 1.807) is 30.3 Å². The van der Waals surface area contributed by atoms with Crippen molar-refractivity contribution < 1.29 is 17.6 Å². The minimum absolute atomic E-state index is 0.0996. The number of nitrogens with one attached hydrogen (secondary N) is 3. The fraction of sp³-hybridized carbons (Fsp3) is 0.133. The summed E-state index contributed by atoms with van der Waals surface area (Å²) in [5.41, 5.74) is 1.08. The molecule has 2 aromatic carbocycles. The lowest BCUT2D eigenvalue weighted by molar-refractivity contribution is -0.122. The van der Waals surface area contributed by atoms with E-state index in [4.69, 9.17) is 0 Å². The van der Waals surface area contributed by atoms with Gasteiger partial charge in [0.1, 0.15) is 10.7 Å². The molecule has 0 saturated heterocycles. The van der Waals surface area contributed by atoms with E-state index < -0.39 is 22.1 Å². The topological polar surface area (TPSA) is 87.3 Å². The molecule has 0 radical (unpaired) electrons. The molecule has 0 bridgehead atoms. The predicted octanol–water partition coefficient (Wildman–Crippen LogP) is 1.17. The van der Waals surface area contributed by atoms with Crippen molar-refractivity contribution >= 4 is 21.6 Å². The molecule has 0 aromatic heterocycles. The molecule has 1 heterocycles. The van der Waals surface area contributed by atoms with Crippen molar-refractivity contribution in [1.29, 1.82) is 0 Å². The van der Waals surface area contributed by atoms with Crippen LogP contribution in [0.3, 0.4) is 0 Å². The molecule has 3 rings (SSSR count). The molecule has 1 aliphatic heterocycles. The number of halogens is 1. The Balaban J connectivity index is 1.70. The van der Waals surface area contributed by atoms with Gasteiger partial charge < -0.3 is 10.6 Å². The quantitative estimate of drug-likeness (QED) is 0.786. The van der Waals surface area contributed by atoms with E-state index >= 15 is 0 Å². The molecule has 1 atom stereocenters. The fourth-order valence-corrected chi connectivity index (χ4v) is 3.51. The average Bonchev–Trinajstić information content (AvgIpc) is 2.53. The van der Waals surface area contributed by atoms with Crippen LogP contribution in [0.4, 0.5) is 10.1 Å². The van der Waals surface area contributed by atoms with Gasteiger partial charge in [-0.15, -0.1) is 0 Å². The van der Waals surface area contributed by atoms with Gasteiger partial charge >= 0.3 is 0 Å². The summed E-state index contributed by atoms with van der Waals surface area (Å²) in [4.78, 5) is 12.3. The maximum absolute atomic E-state index is 12.8. The number of rotatable bonds is 3. The summed E-state index contributed by atoms with van der Waals surface area (Å²) in [6.07, 6.45) is -1.10. The molecule has 8 heteroatoms. The summed E-state index contributed by atoms with van der Waals surface area (Å²) in [5.74, 6) is -0.884. The first kappa shape index (κ1) is 15.4. The molecular formula is C15H14FN3O3S. The Morgan fingerprint density at radius 1 is 1.13 bits per heavy atom. The van der Waals surface area contributed by atoms with Gasteiger partial charge in [-0.05, 0) is 29.8 Å². The summed E-state index contributed by atoms with van der Waals surface area (Å²) in [6.45, 7) is 0.167. The van der Waals surface area contributed by atoms with E-state index in [9.17, 15) is 17.6 Å². The van der Waals surface area contributed by atoms with Crippen LogP contribution in [-0.2, 0) is 21.4 Å². The number of para-hydroxylation sites is 1. The van der Waals surface area contributed by atoms with Gasteiger partial charge in [0.25, 0.3) is 5.91 Å². The third-order valence-corrected chi connectivity index (χ3v) is 4.87. The van der Waals surface area contributed by atoms with Crippen LogP contribution < -0.4 is 15.4 Å². The number of fused-ring (bicyclic) bond motifs is 1. The van der Waals surface area contributed by atoms with Gasteiger partial charge in [-0.3, -0.25) is 4.79 Å². The highest BCUT2D eigenvalue weighted by Gasteiger charge is 2.32. The Labute approximate surface area is 132 Å². The van der Waals surface area contributed by atoms with Crippen LogP contribution in [0, 0.1) is 5.82 Å². The molecular weight excluding hydrogens is 321 g/mol. The smallest absolute Gasteiger partial charge is 0.258 e. The number of amides is 1. The molecule has 120 valence electrons. The zero-order valence-corrected chi connectivity index (χ0v) is 12.7. The summed E-state index contributed by atoms with van der Waals surface area (Å²) in [6, 6.07) is 12.0. The zero-order valence-electron chi connectivity index (χ0n) is 11.9. The molecule has 0 spiro atoms. The van der Waals surface area contributed by atoms with Crippen LogP contribution in [-0.4, -0.2) is 20.5 Å². The van der Waals surface area contributed by atoms with Crippen LogP contribution in [0.25, 0.3) is 0 Å². The summed E-state index contributed by atoms with van der Waals surface area (Å²) in [5, 5.41) is 5.44. The van der Waals surface area contributed by atoms with E-state index in [1.807, 2.05) is 0 Å². The molecule has 6 nitrogen and oxygen atoms in total. The van der Waals surface area contributed by atoms with Gasteiger partial charge in [0, 0.05) is 6.54 Å². The second-order valence-electron chi connectivity index (χ2n) is 5.04. The van der Waals surface area contributed by atoms with Crippen LogP contribution in [0.5, 0.6) is 0 Å². The Morgan fingerprint density at radius 2 is 1.83 bits per heavy atom. The third kappa shape index (κ3) is 3.33. The maximum atomic E-state index is 12.8. The number of benzene rings is 2. The second-order valence-corrected chi connectivity index (χ2v) is 6.72. The van der Waals surface area contributed by atoms with Crippen molar-refractivity contribution in [1.82, 2.24) is 10.0 Å². The van der Waals surface area contributed by atoms with Gasteiger partial charge in [-0.25, -0.2) is 12.8 Å². The van der Waals surface area contributed by atoms with E-state index in [1.165, 1.54) is 18.2 Å². The molecule has 1 unspecified atom stereocenters. The maximum Gasteiger partial charge on any atom is 0.258 e. The van der Waals surface area contributed by atoms with Crippen molar-refractivity contribution in [3.05, 3.63) is 59.9 Å². The first-order valence-electron chi connectivity index (χ1n) is 6.86. The summed E-state index contributed by atoms with van der Waals surface area (Å²) in [7, 11) is -3.75. The van der Waals surface area contributed by atoms with Crippen molar-refractivity contribution in [2.24, 2.45) is 0 Å². The van der Waals surface area contributed by atoms with Crippen LogP contribution in [0.15, 0.2) is 53.4 Å². The monoisotopic (exact) mass is 335 g/mol. The lowest BCUT2D eigenvalue weighted by atomic mass is 10.2. The van der Waals surface area contributed by atoms with Gasteiger partial charge in [0.15, 0.2) is 6.17 Å². The van der Waals surface area contributed by atoms with E-state index in [2.05, 4.69) is 15.4 Å². The molecule has 1 amide bonds. The molecule has 2 aromatic rings. The van der Waals surface area contributed by atoms with Crippen LogP contribution in [0.1, 0.15) is 5.56 Å². The second kappa shape index (κ2) is 5.98. The Hall–Kier alpha value is -2.45. The van der Waals surface area contributed by atoms with E-state index in [-0.39, 0.29) is 17.3 Å². The van der Waals surface area contributed by atoms with Crippen LogP contribution >= 0.6 is 0 Å². The number of hydrogen-bond donors (Lipinski definition) is 3. The highest BCUT2D eigenvalue weighted by Crippen LogP contribution is 2.25. The largest absolute Gasteiger partial charge is 0.360 e. The number of anilines is 1. The fourth-order valence-electron chi connectivity index (χ4n) is 2.24. The van der Waals surface area contributed by atoms with Gasteiger partial charge in [-0.2, -0.15) is 4.72 Å². The van der Waals surface area contributed by atoms with Crippen molar-refractivity contribution in [3.63, 3.8) is 0 Å². The number of sulfonamides is 1. The molecule has 1 aliphatic rings. The molecule has 0 fully saturated rings. The standard InChI is InChI=1S/C15H14FN3O3S/c16-11-7-5-10(6-8-11)9-17-15(20)14-18-12-3-1-2-4-13(12)23(21,22)19-14/h1-8,14,18-19H,9H2,(H,17,20). The summed E-state index contributed by atoms with van der Waals surface area (Å²) >= 11 is 0. The molecule has 0 saturated carbocycles. The van der Waals surface area contributed by atoms with E-state index in [0.29, 0.717) is 11.3 Å². The first-order chi connectivity index (χ1) is 11.0. The lowest BCUT2D eigenvalue weighted by Crippen LogP contribution is -2.53. The van der Waals surface area contributed by atoms with Crippen molar-refractivity contribution in [2.75, 3.05) is 5.32 Å². The zero-order chi connectivity index (χ0) is 16.4. The Morgan fingerprint density at radius 3 is 2.57 bits per heavy atom. The molecule has 0 aliphatic carbocycles. The van der Waals surface area contributed by atoms with Crippen LogP contribution in [0.2, 0.25) is 0 Å². The van der Waals surface area contributed by atoms with Crippen molar-refractivity contribution in [2.45, 2.75) is 17.6 Å². The van der Waals surface area contributed by atoms with Crippen molar-refractivity contribution in [3.8, 4) is 0 Å². The number of carbonyl (C=O) groups is 1. The first-order valence-corrected chi connectivity index (χ1v) is 8.34. The number of carbonyl (C=O) groups excluding carboxylic acids is 1. The number of hydrogen-bond acceptors (Lipinski definition) is 4. The molecule has 23 heavy (non-hydrogen) atoms. The Bertz CT molecular complexity index is 837. The molecule has 3 N–H and O–H groups in total. The SMILES string of the molecule is O=C(NCc1ccc(F)cc1)C1Nc2ccccc2S(=O)(=O)N1. The van der Waals surface area contributed by atoms with Gasteiger partial charge in [0.2, 0.25) is 10.0 Å². The highest BCUT2D eigenvalue weighted by molar-refractivity contribution is 7.89. The minimum Gasteiger partial charge on any atom is -0.360 e.